The van der Waals surface area contributed by atoms with E-state index < -0.39 is 6.10 Å². The van der Waals surface area contributed by atoms with E-state index in [1.54, 1.807) is 0 Å². The zero-order valence-corrected chi connectivity index (χ0v) is 49.4. The summed E-state index contributed by atoms with van der Waals surface area (Å²) in [6.07, 6.45) is 80.4. The third-order valence-electron chi connectivity index (χ3n) is 14.3. The van der Waals surface area contributed by atoms with Crippen LogP contribution < -0.4 is 0 Å². The highest BCUT2D eigenvalue weighted by molar-refractivity contribution is 5.71. The van der Waals surface area contributed by atoms with E-state index in [-0.39, 0.29) is 37.5 Å². The predicted octanol–water partition coefficient (Wildman–Crippen LogP) is 21.9. The Morgan fingerprint density at radius 2 is 0.527 bits per heavy atom. The Morgan fingerprint density at radius 1 is 0.284 bits per heavy atom. The molecule has 0 spiro atoms. The summed E-state index contributed by atoms with van der Waals surface area (Å²) >= 11 is 0. The van der Waals surface area contributed by atoms with Crippen LogP contribution in [0.15, 0.2) is 60.8 Å². The van der Waals surface area contributed by atoms with Crippen molar-refractivity contribution in [2.45, 2.75) is 341 Å². The normalized spacial score (nSPS) is 12.4. The number of carbonyl (C=O) groups is 3. The highest BCUT2D eigenvalue weighted by atomic mass is 16.6. The van der Waals surface area contributed by atoms with Gasteiger partial charge in [-0.25, -0.2) is 0 Å². The molecule has 0 saturated heterocycles. The summed E-state index contributed by atoms with van der Waals surface area (Å²) in [4.78, 5) is 37.8. The lowest BCUT2D eigenvalue weighted by molar-refractivity contribution is -0.167. The van der Waals surface area contributed by atoms with Crippen LogP contribution in [-0.2, 0) is 28.6 Å². The van der Waals surface area contributed by atoms with Crippen molar-refractivity contribution in [2.24, 2.45) is 0 Å². The monoisotopic (exact) mass is 1030 g/mol. The van der Waals surface area contributed by atoms with Gasteiger partial charge in [0.2, 0.25) is 0 Å². The second-order valence-electron chi connectivity index (χ2n) is 21.7. The number of esters is 3. The average Bonchev–Trinajstić information content (AvgIpc) is 3.40. The molecule has 0 radical (unpaired) electrons. The van der Waals surface area contributed by atoms with E-state index in [1.165, 1.54) is 205 Å². The summed E-state index contributed by atoms with van der Waals surface area (Å²) in [7, 11) is 0. The summed E-state index contributed by atoms with van der Waals surface area (Å²) in [5.41, 5.74) is 0. The third kappa shape index (κ3) is 60.0. The van der Waals surface area contributed by atoms with Gasteiger partial charge < -0.3 is 14.2 Å². The van der Waals surface area contributed by atoms with E-state index in [9.17, 15) is 14.4 Å². The Balaban J connectivity index is 3.91. The lowest BCUT2D eigenvalue weighted by Gasteiger charge is -2.18. The molecule has 0 bridgehead atoms. The van der Waals surface area contributed by atoms with Crippen LogP contribution in [-0.4, -0.2) is 37.2 Å². The van der Waals surface area contributed by atoms with E-state index in [2.05, 4.69) is 81.5 Å². The van der Waals surface area contributed by atoms with E-state index >= 15 is 0 Å². The highest BCUT2D eigenvalue weighted by Gasteiger charge is 2.19. The molecule has 1 atom stereocenters. The van der Waals surface area contributed by atoms with Crippen LogP contribution in [0.5, 0.6) is 0 Å². The predicted molar refractivity (Wildman–Crippen MR) is 321 cm³/mol. The standard InChI is InChI=1S/C68H122O6/c1-4-7-10-13-15-17-19-21-23-25-26-27-28-29-30-31-32-33-34-35-36-37-38-39-40-41-43-44-46-48-50-52-55-58-61-67(70)73-64-65(63-72-66(69)60-57-54-12-9-6-3)74-68(71)62-59-56-53-51-49-47-45-42-24-22-20-18-16-14-11-8-5-2/h8,11,16,18,22,24,45,47,51,53,65H,4-7,9-10,12-15,17,19-21,23,25-44,46,48-50,52,54-64H2,1-3H3/b11-8-,18-16-,24-22-,47-45-,53-51-. The molecule has 0 heterocycles. The van der Waals surface area contributed by atoms with Crippen LogP contribution in [0.2, 0.25) is 0 Å². The quantitative estimate of drug-likeness (QED) is 0.0261. The van der Waals surface area contributed by atoms with E-state index in [4.69, 9.17) is 14.2 Å². The molecule has 0 aromatic carbocycles. The first kappa shape index (κ1) is 71.1. The Bertz CT molecular complexity index is 1330. The van der Waals surface area contributed by atoms with Crippen molar-refractivity contribution in [1.82, 2.24) is 0 Å². The Labute approximate surface area is 460 Å². The van der Waals surface area contributed by atoms with E-state index in [0.29, 0.717) is 19.3 Å². The van der Waals surface area contributed by atoms with E-state index in [1.807, 2.05) is 0 Å². The van der Waals surface area contributed by atoms with E-state index in [0.717, 1.165) is 83.5 Å². The van der Waals surface area contributed by atoms with Crippen LogP contribution in [0.25, 0.3) is 0 Å². The maximum Gasteiger partial charge on any atom is 0.306 e. The number of hydrogen-bond donors (Lipinski definition) is 0. The molecule has 0 aliphatic rings. The molecule has 0 aromatic heterocycles. The number of allylic oxidation sites excluding steroid dienone is 10. The minimum atomic E-state index is -0.799. The number of hydrogen-bond acceptors (Lipinski definition) is 6. The smallest absolute Gasteiger partial charge is 0.306 e. The number of unbranched alkanes of at least 4 members (excludes halogenated alkanes) is 38. The van der Waals surface area contributed by atoms with Gasteiger partial charge in [-0.3, -0.25) is 14.4 Å². The fourth-order valence-electron chi connectivity index (χ4n) is 9.48. The number of rotatable bonds is 59. The zero-order chi connectivity index (χ0) is 53.6. The van der Waals surface area contributed by atoms with Gasteiger partial charge in [-0.1, -0.05) is 319 Å². The van der Waals surface area contributed by atoms with Gasteiger partial charge in [0.15, 0.2) is 6.10 Å². The van der Waals surface area contributed by atoms with Crippen LogP contribution >= 0.6 is 0 Å². The van der Waals surface area contributed by atoms with Crippen LogP contribution in [0, 0.1) is 0 Å². The molecule has 6 heteroatoms. The maximum absolute atomic E-state index is 12.8. The van der Waals surface area contributed by atoms with Crippen molar-refractivity contribution in [3.05, 3.63) is 60.8 Å². The molecular formula is C68H122O6. The summed E-state index contributed by atoms with van der Waals surface area (Å²) in [5, 5.41) is 0. The molecule has 0 amide bonds. The second-order valence-corrected chi connectivity index (χ2v) is 21.7. The minimum Gasteiger partial charge on any atom is -0.462 e. The average molecular weight is 1040 g/mol. The molecule has 0 aliphatic heterocycles. The first-order valence-corrected chi connectivity index (χ1v) is 32.3. The lowest BCUT2D eigenvalue weighted by atomic mass is 10.0. The van der Waals surface area contributed by atoms with Gasteiger partial charge in [0.25, 0.3) is 0 Å². The first-order chi connectivity index (χ1) is 36.5. The van der Waals surface area contributed by atoms with Crippen molar-refractivity contribution >= 4 is 17.9 Å². The lowest BCUT2D eigenvalue weighted by Crippen LogP contribution is -2.30. The molecule has 0 aliphatic carbocycles. The van der Waals surface area contributed by atoms with Crippen molar-refractivity contribution in [3.63, 3.8) is 0 Å². The highest BCUT2D eigenvalue weighted by Crippen LogP contribution is 2.18. The largest absolute Gasteiger partial charge is 0.462 e. The molecule has 6 nitrogen and oxygen atoms in total. The summed E-state index contributed by atoms with van der Waals surface area (Å²) in [6.45, 7) is 6.43. The zero-order valence-electron chi connectivity index (χ0n) is 49.4. The number of carbonyl (C=O) groups excluding carboxylic acids is 3. The molecule has 74 heavy (non-hydrogen) atoms. The Morgan fingerprint density at radius 3 is 0.811 bits per heavy atom. The Hall–Kier alpha value is -2.89. The Kier molecular flexibility index (Phi) is 60.2. The van der Waals surface area contributed by atoms with Crippen LogP contribution in [0.3, 0.4) is 0 Å². The molecule has 0 rings (SSSR count). The van der Waals surface area contributed by atoms with Gasteiger partial charge in [0.1, 0.15) is 13.2 Å². The third-order valence-corrected chi connectivity index (χ3v) is 14.3. The van der Waals surface area contributed by atoms with Crippen molar-refractivity contribution in [2.75, 3.05) is 13.2 Å². The molecule has 0 saturated carbocycles. The molecule has 1 unspecified atom stereocenters. The molecular weight excluding hydrogens is 913 g/mol. The van der Waals surface area contributed by atoms with Gasteiger partial charge in [-0.15, -0.1) is 0 Å². The first-order valence-electron chi connectivity index (χ1n) is 32.3. The van der Waals surface area contributed by atoms with Crippen molar-refractivity contribution in [3.8, 4) is 0 Å². The summed E-state index contributed by atoms with van der Waals surface area (Å²) in [6, 6.07) is 0. The van der Waals surface area contributed by atoms with Gasteiger partial charge in [-0.2, -0.15) is 0 Å². The fraction of sp³-hybridized carbons (Fsp3) is 0.809. The molecule has 0 N–H and O–H groups in total. The topological polar surface area (TPSA) is 78.9 Å². The van der Waals surface area contributed by atoms with Gasteiger partial charge in [0, 0.05) is 19.3 Å². The SMILES string of the molecule is CC/C=C\C/C=C\C/C=C\C/C=C\C/C=C\CCCC(=O)OC(COC(=O)CCCCCCC)COC(=O)CCCCCCCCCCCCCCCCCCCCCCCCCCCCCCCCCCCC. The summed E-state index contributed by atoms with van der Waals surface area (Å²) in [5.74, 6) is -0.956. The molecule has 0 aromatic rings. The molecule has 0 fully saturated rings. The number of ether oxygens (including phenoxy) is 3. The minimum absolute atomic E-state index is 0.0945. The maximum atomic E-state index is 12.8. The van der Waals surface area contributed by atoms with Crippen LogP contribution in [0.4, 0.5) is 0 Å². The second kappa shape index (κ2) is 62.6. The fourth-order valence-corrected chi connectivity index (χ4v) is 9.48. The van der Waals surface area contributed by atoms with Gasteiger partial charge >= 0.3 is 17.9 Å². The summed E-state index contributed by atoms with van der Waals surface area (Å²) < 4.78 is 16.7. The van der Waals surface area contributed by atoms with Crippen molar-refractivity contribution in [1.29, 1.82) is 0 Å². The van der Waals surface area contributed by atoms with Gasteiger partial charge in [0.05, 0.1) is 0 Å². The van der Waals surface area contributed by atoms with Crippen molar-refractivity contribution < 1.29 is 28.6 Å². The van der Waals surface area contributed by atoms with Gasteiger partial charge in [-0.05, 0) is 57.8 Å². The van der Waals surface area contributed by atoms with Crippen LogP contribution in [0.1, 0.15) is 335 Å². The molecule has 430 valence electrons.